The molecule has 0 aromatic heterocycles. The molecule has 0 saturated carbocycles. The summed E-state index contributed by atoms with van der Waals surface area (Å²) in [5, 5.41) is 0. The average Bonchev–Trinajstić information content (AvgIpc) is 2.73. The maximum absolute atomic E-state index is 5.27. The van der Waals surface area contributed by atoms with E-state index in [0.29, 0.717) is 0 Å². The summed E-state index contributed by atoms with van der Waals surface area (Å²) in [7, 11) is 3.78. The molecule has 1 aliphatic heterocycles. The van der Waals surface area contributed by atoms with Crippen molar-refractivity contribution in [3.05, 3.63) is 64.1 Å². The summed E-state index contributed by atoms with van der Waals surface area (Å²) in [4.78, 5) is 6.99. The van der Waals surface area contributed by atoms with Crippen molar-refractivity contribution in [2.24, 2.45) is 4.99 Å². The number of para-hydroxylation sites is 1. The first-order valence-electron chi connectivity index (χ1n) is 7.55. The summed E-state index contributed by atoms with van der Waals surface area (Å²) in [5.41, 5.74) is 4.54. The van der Waals surface area contributed by atoms with Crippen LogP contribution in [0, 0.1) is 0 Å². The Kier molecular flexibility index (Phi) is 8.50. The maximum Gasteiger partial charge on any atom is 0.133 e. The molecule has 0 amide bonds. The summed E-state index contributed by atoms with van der Waals surface area (Å²) in [6.07, 6.45) is 4.18. The van der Waals surface area contributed by atoms with E-state index < -0.39 is 0 Å². The van der Waals surface area contributed by atoms with E-state index >= 15 is 0 Å². The molecule has 0 unspecified atom stereocenters. The standard InChI is InChI=1S/C19H19BrN2O.2ClH/c1-22-12-11-21-17(15-5-3-4-6-18(15)22)9-7-14-8-10-19(23-2)16(20)13-14;;/h3-10,13H,11-12H2,1-2H3;2*1H. The molecular weight excluding hydrogens is 423 g/mol. The molecule has 0 atom stereocenters. The van der Waals surface area contributed by atoms with Crippen molar-refractivity contribution in [3.63, 3.8) is 0 Å². The van der Waals surface area contributed by atoms with Gasteiger partial charge in [0.2, 0.25) is 0 Å². The van der Waals surface area contributed by atoms with Crippen LogP contribution in [0.1, 0.15) is 11.1 Å². The second-order valence-corrected chi connectivity index (χ2v) is 6.29. The minimum absolute atomic E-state index is 0. The lowest BCUT2D eigenvalue weighted by molar-refractivity contribution is 0.412. The molecule has 3 nitrogen and oxygen atoms in total. The molecule has 1 aliphatic rings. The fraction of sp³-hybridized carbons (Fsp3) is 0.211. The smallest absolute Gasteiger partial charge is 0.133 e. The third kappa shape index (κ3) is 5.00. The van der Waals surface area contributed by atoms with Crippen molar-refractivity contribution in [1.29, 1.82) is 0 Å². The van der Waals surface area contributed by atoms with Gasteiger partial charge in [0.25, 0.3) is 0 Å². The normalized spacial score (nSPS) is 13.2. The number of benzodiazepines with no additional fused rings is 1. The Balaban J connectivity index is 0.00000156. The second kappa shape index (κ2) is 9.85. The Morgan fingerprint density at radius 3 is 2.60 bits per heavy atom. The highest BCUT2D eigenvalue weighted by molar-refractivity contribution is 9.10. The zero-order valence-corrected chi connectivity index (χ0v) is 17.3. The third-order valence-electron chi connectivity index (χ3n) is 3.92. The van der Waals surface area contributed by atoms with Crippen LogP contribution in [0.5, 0.6) is 5.75 Å². The number of allylic oxidation sites excluding steroid dienone is 1. The number of fused-ring (bicyclic) bond motifs is 1. The van der Waals surface area contributed by atoms with Crippen LogP contribution in [0.25, 0.3) is 6.08 Å². The molecule has 25 heavy (non-hydrogen) atoms. The number of anilines is 1. The van der Waals surface area contributed by atoms with Crippen LogP contribution in [-0.4, -0.2) is 33.0 Å². The molecule has 0 aliphatic carbocycles. The maximum atomic E-state index is 5.27. The van der Waals surface area contributed by atoms with Gasteiger partial charge in [0.05, 0.1) is 23.8 Å². The highest BCUT2D eigenvalue weighted by Gasteiger charge is 2.13. The van der Waals surface area contributed by atoms with Gasteiger partial charge in [-0.1, -0.05) is 30.3 Å². The summed E-state index contributed by atoms with van der Waals surface area (Å²) in [6, 6.07) is 14.5. The Bertz CT molecular complexity index is 778. The molecule has 0 N–H and O–H groups in total. The Hall–Kier alpha value is -1.49. The molecule has 6 heteroatoms. The SMILES string of the molecule is COc1ccc(C=CC2=NCCN(C)c3ccccc32)cc1Br.Cl.Cl. The van der Waals surface area contributed by atoms with Gasteiger partial charge in [-0.25, -0.2) is 0 Å². The quantitative estimate of drug-likeness (QED) is 0.646. The molecule has 0 fully saturated rings. The lowest BCUT2D eigenvalue weighted by Gasteiger charge is -2.18. The van der Waals surface area contributed by atoms with Gasteiger partial charge in [0, 0.05) is 24.8 Å². The molecular formula is C19H21BrCl2N2O. The number of rotatable bonds is 3. The summed E-state index contributed by atoms with van der Waals surface area (Å²) in [6.45, 7) is 1.74. The average molecular weight is 444 g/mol. The molecule has 2 aromatic carbocycles. The van der Waals surface area contributed by atoms with Gasteiger partial charge in [-0.15, -0.1) is 24.8 Å². The zero-order chi connectivity index (χ0) is 16.2. The molecule has 0 radical (unpaired) electrons. The molecule has 3 rings (SSSR count). The van der Waals surface area contributed by atoms with Crippen molar-refractivity contribution < 1.29 is 4.74 Å². The number of aliphatic imine (C=N–C) groups is 1. The van der Waals surface area contributed by atoms with Crippen LogP contribution in [0.4, 0.5) is 5.69 Å². The van der Waals surface area contributed by atoms with E-state index in [9.17, 15) is 0 Å². The van der Waals surface area contributed by atoms with Crippen LogP contribution in [0.3, 0.4) is 0 Å². The van der Waals surface area contributed by atoms with E-state index in [4.69, 9.17) is 9.73 Å². The molecule has 2 aromatic rings. The van der Waals surface area contributed by atoms with Crippen LogP contribution >= 0.6 is 40.7 Å². The van der Waals surface area contributed by atoms with Gasteiger partial charge in [0.1, 0.15) is 5.75 Å². The fourth-order valence-electron chi connectivity index (χ4n) is 2.65. The number of likely N-dealkylation sites (N-methyl/N-ethyl adjacent to an activating group) is 1. The molecule has 0 bridgehead atoms. The van der Waals surface area contributed by atoms with Crippen molar-refractivity contribution in [3.8, 4) is 5.75 Å². The molecule has 0 spiro atoms. The minimum atomic E-state index is 0. The van der Waals surface area contributed by atoms with E-state index in [0.717, 1.165) is 34.6 Å². The van der Waals surface area contributed by atoms with E-state index in [1.54, 1.807) is 7.11 Å². The number of ether oxygens (including phenoxy) is 1. The first kappa shape index (κ1) is 21.6. The first-order valence-corrected chi connectivity index (χ1v) is 8.35. The highest BCUT2D eigenvalue weighted by Crippen LogP contribution is 2.27. The Morgan fingerprint density at radius 1 is 1.12 bits per heavy atom. The summed E-state index contributed by atoms with van der Waals surface area (Å²) < 4.78 is 6.22. The summed E-state index contributed by atoms with van der Waals surface area (Å²) >= 11 is 3.52. The molecule has 1 heterocycles. The van der Waals surface area contributed by atoms with Gasteiger partial charge in [-0.2, -0.15) is 0 Å². The predicted octanol–water partition coefficient (Wildman–Crippen LogP) is 5.25. The van der Waals surface area contributed by atoms with E-state index in [1.807, 2.05) is 18.2 Å². The Morgan fingerprint density at radius 2 is 1.88 bits per heavy atom. The number of hydrogen-bond donors (Lipinski definition) is 0. The second-order valence-electron chi connectivity index (χ2n) is 5.43. The van der Waals surface area contributed by atoms with Gasteiger partial charge >= 0.3 is 0 Å². The van der Waals surface area contributed by atoms with Crippen LogP contribution < -0.4 is 9.64 Å². The third-order valence-corrected chi connectivity index (χ3v) is 4.54. The Labute approximate surface area is 169 Å². The summed E-state index contributed by atoms with van der Waals surface area (Å²) in [5.74, 6) is 0.834. The number of nitrogens with zero attached hydrogens (tertiary/aromatic N) is 2. The van der Waals surface area contributed by atoms with Crippen molar-refractivity contribution in [1.82, 2.24) is 0 Å². The number of halogens is 3. The van der Waals surface area contributed by atoms with E-state index in [1.165, 1.54) is 11.3 Å². The first-order chi connectivity index (χ1) is 11.2. The fourth-order valence-corrected chi connectivity index (χ4v) is 3.21. The number of methoxy groups -OCH3 is 1. The number of benzene rings is 2. The van der Waals surface area contributed by atoms with Crippen molar-refractivity contribution in [2.75, 3.05) is 32.1 Å². The van der Waals surface area contributed by atoms with Crippen LogP contribution in [0.2, 0.25) is 0 Å². The molecule has 0 saturated heterocycles. The van der Waals surface area contributed by atoms with E-state index in [-0.39, 0.29) is 24.8 Å². The van der Waals surface area contributed by atoms with Gasteiger partial charge < -0.3 is 9.64 Å². The van der Waals surface area contributed by atoms with Crippen molar-refractivity contribution >= 4 is 58.2 Å². The monoisotopic (exact) mass is 442 g/mol. The number of hydrogen-bond acceptors (Lipinski definition) is 3. The molecule has 134 valence electrons. The topological polar surface area (TPSA) is 24.8 Å². The van der Waals surface area contributed by atoms with Gasteiger partial charge in [-0.3, -0.25) is 4.99 Å². The van der Waals surface area contributed by atoms with Crippen LogP contribution in [0.15, 0.2) is 58.0 Å². The van der Waals surface area contributed by atoms with Crippen LogP contribution in [-0.2, 0) is 0 Å². The zero-order valence-electron chi connectivity index (χ0n) is 14.1. The predicted molar refractivity (Wildman–Crippen MR) is 115 cm³/mol. The largest absolute Gasteiger partial charge is 0.496 e. The lowest BCUT2D eigenvalue weighted by Crippen LogP contribution is -2.20. The minimum Gasteiger partial charge on any atom is -0.496 e. The van der Waals surface area contributed by atoms with Crippen molar-refractivity contribution in [2.45, 2.75) is 0 Å². The highest BCUT2D eigenvalue weighted by atomic mass is 79.9. The van der Waals surface area contributed by atoms with E-state index in [2.05, 4.69) is 64.3 Å². The lowest BCUT2D eigenvalue weighted by atomic mass is 10.1. The van der Waals surface area contributed by atoms with Gasteiger partial charge in [-0.05, 0) is 45.8 Å². The van der Waals surface area contributed by atoms with Gasteiger partial charge in [0.15, 0.2) is 0 Å².